The first-order chi connectivity index (χ1) is 29.8. The standard InChI is InChI=1S/C51H99NO9/c1-3-5-7-9-11-13-15-17-19-20-21-22-23-24-25-26-28-30-32-34-36-38-40-45(55)50(59)52-43(42-60-51-49(58)48(57)47(56)46(41-53)61-51)44(54)39-37-35-33-31-29-27-18-16-14-12-10-8-6-4-2/h37,39,43-49,51,53-58H,3-36,38,40-42H2,1-2H3,(H,52,59)/b39-37+. The molecule has 0 spiro atoms. The maximum absolute atomic E-state index is 13.1. The Hall–Kier alpha value is -1.11. The van der Waals surface area contributed by atoms with Crippen molar-refractivity contribution < 1.29 is 44.9 Å². The molecule has 1 saturated heterocycles. The molecular weight excluding hydrogens is 771 g/mol. The number of carbonyl (C=O) groups excluding carboxylic acids is 1. The number of allylic oxidation sites excluding steroid dienone is 1. The van der Waals surface area contributed by atoms with E-state index in [9.17, 15) is 35.4 Å². The van der Waals surface area contributed by atoms with Crippen LogP contribution < -0.4 is 5.32 Å². The topological polar surface area (TPSA) is 169 Å². The van der Waals surface area contributed by atoms with Crippen LogP contribution in [0.15, 0.2) is 12.2 Å². The molecule has 0 bridgehead atoms. The van der Waals surface area contributed by atoms with Gasteiger partial charge in [-0.05, 0) is 19.3 Å². The molecule has 1 aliphatic heterocycles. The summed E-state index contributed by atoms with van der Waals surface area (Å²) < 4.78 is 11.2. The van der Waals surface area contributed by atoms with Crippen molar-refractivity contribution in [3.05, 3.63) is 12.2 Å². The highest BCUT2D eigenvalue weighted by molar-refractivity contribution is 5.80. The van der Waals surface area contributed by atoms with Gasteiger partial charge in [-0.3, -0.25) is 4.79 Å². The van der Waals surface area contributed by atoms with Crippen LogP contribution in [-0.4, -0.2) is 98.7 Å². The van der Waals surface area contributed by atoms with Crippen molar-refractivity contribution in [2.24, 2.45) is 0 Å². The number of ether oxygens (including phenoxy) is 2. The summed E-state index contributed by atoms with van der Waals surface area (Å²) in [5, 5.41) is 64.8. The van der Waals surface area contributed by atoms with Crippen LogP contribution in [0, 0.1) is 0 Å². The van der Waals surface area contributed by atoms with Crippen molar-refractivity contribution in [1.82, 2.24) is 5.32 Å². The fourth-order valence-corrected chi connectivity index (χ4v) is 8.46. The van der Waals surface area contributed by atoms with E-state index in [1.54, 1.807) is 6.08 Å². The van der Waals surface area contributed by atoms with Gasteiger partial charge in [-0.25, -0.2) is 0 Å². The van der Waals surface area contributed by atoms with E-state index in [0.717, 1.165) is 44.9 Å². The molecular formula is C51H99NO9. The Morgan fingerprint density at radius 1 is 0.557 bits per heavy atom. The minimum absolute atomic E-state index is 0.301. The summed E-state index contributed by atoms with van der Waals surface area (Å²) in [5.74, 6) is -0.612. The normalized spacial score (nSPS) is 21.0. The van der Waals surface area contributed by atoms with Crippen LogP contribution in [0.25, 0.3) is 0 Å². The first-order valence-corrected chi connectivity index (χ1v) is 26.0. The van der Waals surface area contributed by atoms with Crippen molar-refractivity contribution >= 4 is 5.91 Å². The van der Waals surface area contributed by atoms with Gasteiger partial charge in [0.05, 0.1) is 25.4 Å². The van der Waals surface area contributed by atoms with Gasteiger partial charge in [0.1, 0.15) is 30.5 Å². The zero-order valence-electron chi connectivity index (χ0n) is 39.6. The Morgan fingerprint density at radius 3 is 1.33 bits per heavy atom. The molecule has 1 amide bonds. The second-order valence-electron chi connectivity index (χ2n) is 18.5. The van der Waals surface area contributed by atoms with Gasteiger partial charge in [-0.1, -0.05) is 238 Å². The van der Waals surface area contributed by atoms with E-state index in [1.165, 1.54) is 180 Å². The summed E-state index contributed by atoms with van der Waals surface area (Å²) in [7, 11) is 0. The lowest BCUT2D eigenvalue weighted by Crippen LogP contribution is -2.60. The summed E-state index contributed by atoms with van der Waals surface area (Å²) in [6, 6.07) is -0.975. The Morgan fingerprint density at radius 2 is 0.934 bits per heavy atom. The zero-order valence-corrected chi connectivity index (χ0v) is 39.6. The summed E-state index contributed by atoms with van der Waals surface area (Å²) in [6.45, 7) is 3.63. The van der Waals surface area contributed by atoms with Gasteiger partial charge in [-0.2, -0.15) is 0 Å². The molecule has 1 fully saturated rings. The van der Waals surface area contributed by atoms with Crippen LogP contribution in [-0.2, 0) is 14.3 Å². The van der Waals surface area contributed by atoms with Gasteiger partial charge in [0, 0.05) is 0 Å². The SMILES string of the molecule is CCCCCCCCCCCCCC/C=C/C(O)C(COC1OC(CO)C(O)C(O)C1O)NC(=O)C(O)CCCCCCCCCCCCCCCCCCCCCCCC. The third kappa shape index (κ3) is 31.4. The molecule has 0 aromatic heterocycles. The summed E-state index contributed by atoms with van der Waals surface area (Å²) in [4.78, 5) is 13.1. The smallest absolute Gasteiger partial charge is 0.249 e. The molecule has 10 nitrogen and oxygen atoms in total. The molecule has 61 heavy (non-hydrogen) atoms. The molecule has 10 heteroatoms. The minimum atomic E-state index is -1.61. The van der Waals surface area contributed by atoms with Crippen LogP contribution in [0.4, 0.5) is 0 Å². The number of hydrogen-bond donors (Lipinski definition) is 7. The summed E-state index contributed by atoms with van der Waals surface area (Å²) >= 11 is 0. The molecule has 0 radical (unpaired) electrons. The van der Waals surface area contributed by atoms with Gasteiger partial charge >= 0.3 is 0 Å². The Labute approximate surface area is 374 Å². The number of carbonyl (C=O) groups is 1. The fraction of sp³-hybridized carbons (Fsp3) is 0.941. The number of aliphatic hydroxyl groups excluding tert-OH is 6. The Balaban J connectivity index is 2.30. The number of unbranched alkanes of at least 4 members (excludes halogenated alkanes) is 33. The number of aliphatic hydroxyl groups is 6. The van der Waals surface area contributed by atoms with Crippen LogP contribution in [0.5, 0.6) is 0 Å². The molecule has 1 heterocycles. The zero-order chi connectivity index (χ0) is 44.6. The number of hydrogen-bond acceptors (Lipinski definition) is 9. The van der Waals surface area contributed by atoms with Crippen LogP contribution in [0.3, 0.4) is 0 Å². The lowest BCUT2D eigenvalue weighted by atomic mass is 9.99. The highest BCUT2D eigenvalue weighted by atomic mass is 16.7. The van der Waals surface area contributed by atoms with E-state index >= 15 is 0 Å². The lowest BCUT2D eigenvalue weighted by Gasteiger charge is -2.40. The largest absolute Gasteiger partial charge is 0.394 e. The summed E-state index contributed by atoms with van der Waals surface area (Å²) in [6.07, 6.45) is 38.7. The predicted octanol–water partition coefficient (Wildman–Crippen LogP) is 10.6. The minimum Gasteiger partial charge on any atom is -0.394 e. The van der Waals surface area contributed by atoms with E-state index < -0.39 is 61.5 Å². The average molecular weight is 870 g/mol. The molecule has 0 aromatic rings. The van der Waals surface area contributed by atoms with E-state index in [1.807, 2.05) is 6.08 Å². The first-order valence-electron chi connectivity index (χ1n) is 26.0. The maximum atomic E-state index is 13.1. The van der Waals surface area contributed by atoms with Gasteiger partial charge in [-0.15, -0.1) is 0 Å². The van der Waals surface area contributed by atoms with E-state index in [-0.39, 0.29) is 6.61 Å². The Kier molecular flexibility index (Phi) is 39.5. The first kappa shape index (κ1) is 57.9. The predicted molar refractivity (Wildman–Crippen MR) is 250 cm³/mol. The molecule has 0 aliphatic carbocycles. The van der Waals surface area contributed by atoms with E-state index in [0.29, 0.717) is 6.42 Å². The van der Waals surface area contributed by atoms with Crippen LogP contribution >= 0.6 is 0 Å². The van der Waals surface area contributed by atoms with Crippen molar-refractivity contribution in [2.75, 3.05) is 13.2 Å². The molecule has 8 atom stereocenters. The van der Waals surface area contributed by atoms with Gasteiger partial charge in [0.2, 0.25) is 5.91 Å². The lowest BCUT2D eigenvalue weighted by molar-refractivity contribution is -0.302. The maximum Gasteiger partial charge on any atom is 0.249 e. The highest BCUT2D eigenvalue weighted by Crippen LogP contribution is 2.23. The molecule has 1 rings (SSSR count). The number of rotatable bonds is 44. The van der Waals surface area contributed by atoms with Crippen molar-refractivity contribution in [3.63, 3.8) is 0 Å². The van der Waals surface area contributed by atoms with Crippen molar-refractivity contribution in [1.29, 1.82) is 0 Å². The monoisotopic (exact) mass is 870 g/mol. The Bertz CT molecular complexity index is 984. The second-order valence-corrected chi connectivity index (χ2v) is 18.5. The molecule has 1 aliphatic rings. The highest BCUT2D eigenvalue weighted by Gasteiger charge is 2.44. The molecule has 0 aromatic carbocycles. The van der Waals surface area contributed by atoms with Crippen LogP contribution in [0.2, 0.25) is 0 Å². The van der Waals surface area contributed by atoms with E-state index in [2.05, 4.69) is 19.2 Å². The average Bonchev–Trinajstić information content (AvgIpc) is 3.26. The van der Waals surface area contributed by atoms with Gasteiger partial charge in [0.15, 0.2) is 6.29 Å². The van der Waals surface area contributed by atoms with Crippen molar-refractivity contribution in [3.8, 4) is 0 Å². The molecule has 362 valence electrons. The quantitative estimate of drug-likeness (QED) is 0.0233. The van der Waals surface area contributed by atoms with Gasteiger partial charge in [0.25, 0.3) is 0 Å². The third-order valence-corrected chi connectivity index (χ3v) is 12.7. The molecule has 0 saturated carbocycles. The third-order valence-electron chi connectivity index (χ3n) is 12.7. The second kappa shape index (κ2) is 41.6. The van der Waals surface area contributed by atoms with Crippen molar-refractivity contribution in [2.45, 2.75) is 294 Å². The van der Waals surface area contributed by atoms with E-state index in [4.69, 9.17) is 9.47 Å². The molecule has 8 unspecified atom stereocenters. The fourth-order valence-electron chi connectivity index (χ4n) is 8.46. The van der Waals surface area contributed by atoms with Gasteiger partial charge < -0.3 is 45.4 Å². The molecule has 7 N–H and O–H groups in total. The summed E-state index contributed by atoms with van der Waals surface area (Å²) in [5.41, 5.74) is 0. The van der Waals surface area contributed by atoms with Crippen LogP contribution in [0.1, 0.15) is 245 Å². The number of nitrogens with one attached hydrogen (secondary N) is 1. The number of amides is 1.